The fraction of sp³-hybridized carbons (Fsp3) is 0.392. The molecule has 0 fully saturated rings. The number of phenolic OH excluding ortho intramolecular Hbond substituents is 2. The SMILES string of the molecule is CCCCCCCCCc1ccc(OCC(=O)Nc2ccc(Oc3cc(NC(=O)CC)c(O)c(Cl)c3C)c(C(=O)OC)c2)cc1.CCc1[nH]n2nc(C(C)C)nc2c1Oc1ccc(C(=O)NCCCOC)cc1.CCc1ccc(Oc2cc(NC(=O)C(C)C)c(O)c(Cl)c2C)cc1. The smallest absolute Gasteiger partial charge is 0.341 e. The van der Waals surface area contributed by atoms with E-state index >= 15 is 0 Å². The Morgan fingerprint density at radius 1 is 0.629 bits per heavy atom. The van der Waals surface area contributed by atoms with Gasteiger partial charge in [0.15, 0.2) is 29.7 Å². The van der Waals surface area contributed by atoms with Crippen LogP contribution < -0.4 is 40.2 Å². The number of hydrogen-bond acceptors (Lipinski definition) is 15. The highest BCUT2D eigenvalue weighted by Gasteiger charge is 2.23. The third-order valence-corrected chi connectivity index (χ3v) is 16.3. The highest BCUT2D eigenvalue weighted by Crippen LogP contribution is 2.44. The molecule has 97 heavy (non-hydrogen) atoms. The number of aromatic hydroxyl groups is 2. The second kappa shape index (κ2) is 38.4. The number of anilines is 3. The normalized spacial score (nSPS) is 10.9. The number of H-pyrrole nitrogens is 1. The molecular weight excluding hydrogens is 1280 g/mol. The number of rotatable bonds is 31. The Hall–Kier alpha value is -9.31. The number of benzene rings is 6. The van der Waals surface area contributed by atoms with E-state index in [-0.39, 0.29) is 92.6 Å². The van der Waals surface area contributed by atoms with Crippen LogP contribution in [0.15, 0.2) is 103 Å². The number of carbonyl (C=O) groups excluding carboxylic acids is 5. The number of carbonyl (C=O) groups is 5. The third-order valence-electron chi connectivity index (χ3n) is 15.4. The standard InChI is InChI=1S/C35H43ClN2O7.C20H27N5O3.C19H22ClNO3/c1-5-7-8-9-10-11-12-13-24-14-17-26(18-15-24)44-22-32(40)37-25-16-19-29(27(20-25)35(42)43-4)45-30-21-28(38-31(39)6-2)34(41)33(36)23(30)3;1-5-16-17(19-22-18(13(2)3)24-25(19)23-16)28-15-9-7-14(8-10-15)20(26)21-11-6-12-27-4;1-5-13-6-8-14(9-7-13)24-16-10-15(21-19(23)11(2)3)18(22)17(20)12(16)4/h14-21,41H,5-13,22H2,1-4H3,(H,37,40)(H,38,39);7-10,13,23H,5-6,11-12H2,1-4H3,(H,21,26);6-11,22H,5H2,1-4H3,(H,21,23). The summed E-state index contributed by atoms with van der Waals surface area (Å²) in [5.41, 5.74) is 6.31. The molecule has 2 aromatic heterocycles. The predicted octanol–water partition coefficient (Wildman–Crippen LogP) is 17.2. The van der Waals surface area contributed by atoms with Crippen molar-refractivity contribution in [2.45, 2.75) is 152 Å². The molecule has 0 aliphatic heterocycles. The number of nitrogens with zero attached hydrogens (tertiary/aromatic N) is 3. The fourth-order valence-electron chi connectivity index (χ4n) is 9.50. The van der Waals surface area contributed by atoms with Gasteiger partial charge in [-0.05, 0) is 124 Å². The van der Waals surface area contributed by atoms with Gasteiger partial charge in [-0.2, -0.15) is 0 Å². The maximum Gasteiger partial charge on any atom is 0.341 e. The van der Waals surface area contributed by atoms with E-state index in [1.165, 1.54) is 75.0 Å². The lowest BCUT2D eigenvalue weighted by atomic mass is 10.0. The maximum absolute atomic E-state index is 12.7. The van der Waals surface area contributed by atoms with E-state index in [0.29, 0.717) is 69.9 Å². The summed E-state index contributed by atoms with van der Waals surface area (Å²) in [5.74, 6) is 1.94. The van der Waals surface area contributed by atoms with Gasteiger partial charge in [0.05, 0.1) is 34.2 Å². The highest BCUT2D eigenvalue weighted by molar-refractivity contribution is 6.34. The fourth-order valence-corrected chi connectivity index (χ4v) is 9.89. The van der Waals surface area contributed by atoms with Crippen molar-refractivity contribution in [3.63, 3.8) is 0 Å². The zero-order valence-corrected chi connectivity index (χ0v) is 59.1. The molecule has 0 radical (unpaired) electrons. The van der Waals surface area contributed by atoms with E-state index in [0.717, 1.165) is 43.6 Å². The van der Waals surface area contributed by atoms with Crippen molar-refractivity contribution in [1.82, 2.24) is 25.1 Å². The molecule has 23 heteroatoms. The topological polar surface area (TPSA) is 275 Å². The number of aromatic amines is 1. The second-order valence-electron chi connectivity index (χ2n) is 23.6. The van der Waals surface area contributed by atoms with Crippen LogP contribution in [0.25, 0.3) is 5.65 Å². The van der Waals surface area contributed by atoms with Crippen LogP contribution in [0.3, 0.4) is 0 Å². The molecule has 8 rings (SSSR count). The lowest BCUT2D eigenvalue weighted by Crippen LogP contribution is -2.25. The number of aryl methyl sites for hydroxylation is 3. The number of amides is 4. The van der Waals surface area contributed by atoms with Gasteiger partial charge in [-0.1, -0.05) is 141 Å². The molecule has 8 aromatic rings. The van der Waals surface area contributed by atoms with Gasteiger partial charge < -0.3 is 59.9 Å². The van der Waals surface area contributed by atoms with E-state index in [1.807, 2.05) is 55.5 Å². The molecule has 21 nitrogen and oxygen atoms in total. The zero-order valence-electron chi connectivity index (χ0n) is 57.6. The highest BCUT2D eigenvalue weighted by atomic mass is 35.5. The monoisotopic (exact) mass is 1370 g/mol. The Labute approximate surface area is 578 Å². The van der Waals surface area contributed by atoms with Crippen LogP contribution in [0.2, 0.25) is 10.0 Å². The maximum atomic E-state index is 12.7. The summed E-state index contributed by atoms with van der Waals surface area (Å²) >= 11 is 12.5. The molecule has 0 atom stereocenters. The van der Waals surface area contributed by atoms with Gasteiger partial charge in [0.2, 0.25) is 17.5 Å². The molecule has 0 spiro atoms. The number of esters is 1. The Morgan fingerprint density at radius 3 is 1.80 bits per heavy atom. The van der Waals surface area contributed by atoms with Crippen molar-refractivity contribution in [1.29, 1.82) is 0 Å². The summed E-state index contributed by atoms with van der Waals surface area (Å²) in [6.07, 6.45) is 12.6. The van der Waals surface area contributed by atoms with Gasteiger partial charge >= 0.3 is 5.97 Å². The van der Waals surface area contributed by atoms with E-state index in [9.17, 15) is 34.2 Å². The van der Waals surface area contributed by atoms with Gasteiger partial charge in [-0.25, -0.2) is 9.78 Å². The molecule has 4 amide bonds. The first kappa shape index (κ1) is 76.7. The van der Waals surface area contributed by atoms with Crippen LogP contribution in [-0.2, 0) is 43.1 Å². The van der Waals surface area contributed by atoms with Gasteiger partial charge in [-0.3, -0.25) is 24.3 Å². The second-order valence-corrected chi connectivity index (χ2v) is 24.3. The first-order valence-corrected chi connectivity index (χ1v) is 33.6. The van der Waals surface area contributed by atoms with E-state index in [1.54, 1.807) is 82.8 Å². The summed E-state index contributed by atoms with van der Waals surface area (Å²) in [7, 11) is 2.87. The molecule has 520 valence electrons. The lowest BCUT2D eigenvalue weighted by molar-refractivity contribution is -0.119. The minimum absolute atomic E-state index is 0.00906. The summed E-state index contributed by atoms with van der Waals surface area (Å²) in [5, 5.41) is 39.2. The third kappa shape index (κ3) is 22.6. The number of methoxy groups -OCH3 is 2. The van der Waals surface area contributed by atoms with Gasteiger partial charge in [0.1, 0.15) is 40.1 Å². The van der Waals surface area contributed by atoms with Crippen molar-refractivity contribution in [2.24, 2.45) is 5.92 Å². The molecule has 6 aromatic carbocycles. The summed E-state index contributed by atoms with van der Waals surface area (Å²) < 4.78 is 35.2. The van der Waals surface area contributed by atoms with Crippen LogP contribution in [0, 0.1) is 19.8 Å². The molecule has 0 aliphatic rings. The minimum Gasteiger partial charge on any atom is -0.504 e. The predicted molar refractivity (Wildman–Crippen MR) is 380 cm³/mol. The number of phenols is 2. The average Bonchev–Trinajstić information content (AvgIpc) is 1.76. The molecule has 0 aliphatic carbocycles. The Kier molecular flexibility index (Phi) is 30.4. The number of aromatic nitrogens is 4. The molecular formula is C74H92Cl2N8O13. The zero-order chi connectivity index (χ0) is 70.7. The Morgan fingerprint density at radius 2 is 1.22 bits per heavy atom. The summed E-state index contributed by atoms with van der Waals surface area (Å²) in [4.78, 5) is 65.8. The molecule has 2 heterocycles. The largest absolute Gasteiger partial charge is 0.504 e. The quantitative estimate of drug-likeness (QED) is 0.0121. The van der Waals surface area contributed by atoms with Crippen LogP contribution >= 0.6 is 23.2 Å². The van der Waals surface area contributed by atoms with Crippen molar-refractivity contribution >= 4 is 75.5 Å². The molecule has 0 saturated heterocycles. The number of hydrogen-bond donors (Lipinski definition) is 7. The summed E-state index contributed by atoms with van der Waals surface area (Å²) in [6, 6.07) is 30.1. The molecule has 0 saturated carbocycles. The van der Waals surface area contributed by atoms with Gasteiger partial charge in [-0.15, -0.1) is 9.73 Å². The van der Waals surface area contributed by atoms with Crippen LogP contribution in [0.5, 0.6) is 51.7 Å². The lowest BCUT2D eigenvalue weighted by Gasteiger charge is -2.17. The Bertz CT molecular complexity index is 3910. The van der Waals surface area contributed by atoms with Gasteiger partial charge in [0, 0.05) is 73.0 Å². The number of unbranched alkanes of at least 4 members (excludes halogenated alkanes) is 6. The average molecular weight is 1370 g/mol. The van der Waals surface area contributed by atoms with E-state index in [2.05, 4.69) is 64.1 Å². The van der Waals surface area contributed by atoms with Crippen molar-refractivity contribution in [3.8, 4) is 51.7 Å². The van der Waals surface area contributed by atoms with E-state index in [4.69, 9.17) is 51.6 Å². The number of halogens is 2. The van der Waals surface area contributed by atoms with Crippen LogP contribution in [0.4, 0.5) is 17.1 Å². The Balaban J connectivity index is 0.000000245. The number of nitrogens with one attached hydrogen (secondary N) is 5. The number of fused-ring (bicyclic) bond motifs is 1. The van der Waals surface area contributed by atoms with Crippen LogP contribution in [-0.4, -0.2) is 93.6 Å². The first-order chi connectivity index (χ1) is 46.5. The van der Waals surface area contributed by atoms with E-state index < -0.39 is 11.9 Å². The molecule has 7 N–H and O–H groups in total. The van der Waals surface area contributed by atoms with Crippen LogP contribution in [0.1, 0.15) is 174 Å². The number of ether oxygens (including phenoxy) is 6. The molecule has 0 unspecified atom stereocenters. The summed E-state index contributed by atoms with van der Waals surface area (Å²) in [6.45, 7) is 20.0. The van der Waals surface area contributed by atoms with Crippen molar-refractivity contribution in [3.05, 3.63) is 158 Å². The van der Waals surface area contributed by atoms with Gasteiger partial charge in [0.25, 0.3) is 11.8 Å². The molecule has 0 bridgehead atoms. The minimum atomic E-state index is -0.698. The van der Waals surface area contributed by atoms with Crippen molar-refractivity contribution < 1.29 is 62.6 Å². The van der Waals surface area contributed by atoms with Crippen molar-refractivity contribution in [2.75, 3.05) is 49.9 Å². The first-order valence-electron chi connectivity index (χ1n) is 32.9.